The lowest BCUT2D eigenvalue weighted by atomic mass is 9.97. The standard InChI is InChI=1S/C22H28N2O3S/c1-17-12-14-24(15-13-17)28(26,27)21-10-8-20(9-11-21)23-22(25)16-18(2)19-6-4-3-5-7-19/h3-11,17-18H,12-16H2,1-2H3,(H,23,25)/t18-/m1/s1. The third-order valence-corrected chi connectivity index (χ3v) is 7.29. The van der Waals surface area contributed by atoms with Crippen molar-refractivity contribution in [2.75, 3.05) is 18.4 Å². The fourth-order valence-electron chi connectivity index (χ4n) is 3.47. The van der Waals surface area contributed by atoms with Crippen LogP contribution in [0.4, 0.5) is 5.69 Å². The molecule has 0 aromatic heterocycles. The van der Waals surface area contributed by atoms with E-state index in [1.54, 1.807) is 28.6 Å². The number of nitrogens with zero attached hydrogens (tertiary/aromatic N) is 1. The molecule has 2 aromatic rings. The first-order valence-corrected chi connectivity index (χ1v) is 11.3. The van der Waals surface area contributed by atoms with Crippen LogP contribution in [0.3, 0.4) is 0 Å². The fourth-order valence-corrected chi connectivity index (χ4v) is 4.94. The molecule has 0 spiro atoms. The molecule has 0 bridgehead atoms. The van der Waals surface area contributed by atoms with Gasteiger partial charge in [0.1, 0.15) is 0 Å². The third kappa shape index (κ3) is 5.00. The molecule has 5 nitrogen and oxygen atoms in total. The second-order valence-corrected chi connectivity index (χ2v) is 9.61. The Bertz CT molecular complexity index is 887. The average Bonchev–Trinajstić information content (AvgIpc) is 2.69. The summed E-state index contributed by atoms with van der Waals surface area (Å²) in [5.41, 5.74) is 1.73. The van der Waals surface area contributed by atoms with Gasteiger partial charge in [0, 0.05) is 25.2 Å². The van der Waals surface area contributed by atoms with Gasteiger partial charge in [-0.15, -0.1) is 0 Å². The Labute approximate surface area is 167 Å². The molecule has 3 rings (SSSR count). The summed E-state index contributed by atoms with van der Waals surface area (Å²) in [5.74, 6) is 0.599. The lowest BCUT2D eigenvalue weighted by Crippen LogP contribution is -2.37. The summed E-state index contributed by atoms with van der Waals surface area (Å²) in [4.78, 5) is 12.6. The SMILES string of the molecule is CC1CCN(S(=O)(=O)c2ccc(NC(=O)C[C@@H](C)c3ccccc3)cc2)CC1. The Hall–Kier alpha value is -2.18. The Morgan fingerprint density at radius 2 is 1.68 bits per heavy atom. The quantitative estimate of drug-likeness (QED) is 0.789. The van der Waals surface area contributed by atoms with Gasteiger partial charge >= 0.3 is 0 Å². The van der Waals surface area contributed by atoms with Crippen LogP contribution in [0.15, 0.2) is 59.5 Å². The van der Waals surface area contributed by atoms with E-state index in [0.29, 0.717) is 31.1 Å². The fraction of sp³-hybridized carbons (Fsp3) is 0.409. The van der Waals surface area contributed by atoms with Gasteiger partial charge in [0.2, 0.25) is 15.9 Å². The van der Waals surface area contributed by atoms with Crippen molar-refractivity contribution in [3.8, 4) is 0 Å². The van der Waals surface area contributed by atoms with Crippen LogP contribution in [-0.2, 0) is 14.8 Å². The molecule has 1 N–H and O–H groups in total. The molecule has 1 amide bonds. The van der Waals surface area contributed by atoms with Gasteiger partial charge in [-0.05, 0) is 54.5 Å². The number of anilines is 1. The predicted octanol–water partition coefficient (Wildman–Crippen LogP) is 4.24. The molecule has 1 atom stereocenters. The van der Waals surface area contributed by atoms with Crippen LogP contribution in [0, 0.1) is 5.92 Å². The number of nitrogens with one attached hydrogen (secondary N) is 1. The Morgan fingerprint density at radius 3 is 2.29 bits per heavy atom. The van der Waals surface area contributed by atoms with Crippen molar-refractivity contribution in [3.05, 3.63) is 60.2 Å². The number of amides is 1. The second-order valence-electron chi connectivity index (χ2n) is 7.68. The van der Waals surface area contributed by atoms with Crippen molar-refractivity contribution in [1.29, 1.82) is 0 Å². The molecule has 1 aliphatic rings. The highest BCUT2D eigenvalue weighted by Gasteiger charge is 2.27. The summed E-state index contributed by atoms with van der Waals surface area (Å²) in [6.07, 6.45) is 2.16. The Kier molecular flexibility index (Phi) is 6.52. The minimum absolute atomic E-state index is 0.0861. The van der Waals surface area contributed by atoms with E-state index in [2.05, 4.69) is 12.2 Å². The Balaban J connectivity index is 1.60. The van der Waals surface area contributed by atoms with E-state index in [9.17, 15) is 13.2 Å². The number of hydrogen-bond acceptors (Lipinski definition) is 3. The summed E-state index contributed by atoms with van der Waals surface area (Å²) >= 11 is 0. The molecule has 150 valence electrons. The van der Waals surface area contributed by atoms with Crippen LogP contribution >= 0.6 is 0 Å². The largest absolute Gasteiger partial charge is 0.326 e. The van der Waals surface area contributed by atoms with Gasteiger partial charge in [0.15, 0.2) is 0 Å². The number of hydrogen-bond donors (Lipinski definition) is 1. The molecule has 1 fully saturated rings. The van der Waals surface area contributed by atoms with Gasteiger partial charge in [-0.1, -0.05) is 44.2 Å². The molecule has 1 aliphatic heterocycles. The molecular formula is C22H28N2O3S. The first-order chi connectivity index (χ1) is 13.4. The summed E-state index contributed by atoms with van der Waals surface area (Å²) in [6, 6.07) is 16.4. The molecule has 0 saturated carbocycles. The maximum atomic E-state index is 12.8. The molecular weight excluding hydrogens is 372 g/mol. The summed E-state index contributed by atoms with van der Waals surface area (Å²) < 4.78 is 27.1. The van der Waals surface area contributed by atoms with Crippen molar-refractivity contribution in [3.63, 3.8) is 0 Å². The lowest BCUT2D eigenvalue weighted by Gasteiger charge is -2.29. The van der Waals surface area contributed by atoms with Gasteiger partial charge in [0.25, 0.3) is 0 Å². The molecule has 1 saturated heterocycles. The second kappa shape index (κ2) is 8.88. The van der Waals surface area contributed by atoms with E-state index >= 15 is 0 Å². The van der Waals surface area contributed by atoms with Gasteiger partial charge in [-0.25, -0.2) is 8.42 Å². The number of rotatable bonds is 6. The van der Waals surface area contributed by atoms with Gasteiger partial charge in [-0.3, -0.25) is 4.79 Å². The first-order valence-electron chi connectivity index (χ1n) is 9.81. The number of benzene rings is 2. The van der Waals surface area contributed by atoms with Crippen molar-refractivity contribution in [2.24, 2.45) is 5.92 Å². The van der Waals surface area contributed by atoms with E-state index in [4.69, 9.17) is 0 Å². The normalized spacial score (nSPS) is 17.2. The topological polar surface area (TPSA) is 66.5 Å². The molecule has 0 unspecified atom stereocenters. The lowest BCUT2D eigenvalue weighted by molar-refractivity contribution is -0.116. The molecule has 6 heteroatoms. The monoisotopic (exact) mass is 400 g/mol. The maximum Gasteiger partial charge on any atom is 0.243 e. The predicted molar refractivity (Wildman–Crippen MR) is 112 cm³/mol. The highest BCUT2D eigenvalue weighted by atomic mass is 32.2. The first kappa shape index (κ1) is 20.6. The smallest absolute Gasteiger partial charge is 0.243 e. The minimum Gasteiger partial charge on any atom is -0.326 e. The molecule has 0 aliphatic carbocycles. The number of sulfonamides is 1. The number of carbonyl (C=O) groups excluding carboxylic acids is 1. The Morgan fingerprint density at radius 1 is 1.07 bits per heavy atom. The van der Waals surface area contributed by atoms with Crippen LogP contribution in [0.25, 0.3) is 0 Å². The number of carbonyl (C=O) groups is 1. The zero-order valence-electron chi connectivity index (χ0n) is 16.5. The molecule has 28 heavy (non-hydrogen) atoms. The van der Waals surface area contributed by atoms with Crippen LogP contribution in [-0.4, -0.2) is 31.7 Å². The molecule has 1 heterocycles. The van der Waals surface area contributed by atoms with Crippen LogP contribution in [0.2, 0.25) is 0 Å². The van der Waals surface area contributed by atoms with Crippen molar-refractivity contribution in [1.82, 2.24) is 4.31 Å². The van der Waals surface area contributed by atoms with Gasteiger partial charge in [0.05, 0.1) is 4.90 Å². The van der Waals surface area contributed by atoms with Crippen LogP contribution in [0.5, 0.6) is 0 Å². The average molecular weight is 401 g/mol. The van der Waals surface area contributed by atoms with Crippen LogP contribution in [0.1, 0.15) is 44.6 Å². The molecule has 2 aromatic carbocycles. The zero-order chi connectivity index (χ0) is 20.1. The molecule has 0 radical (unpaired) electrons. The van der Waals surface area contributed by atoms with Crippen molar-refractivity contribution < 1.29 is 13.2 Å². The number of piperidine rings is 1. The third-order valence-electron chi connectivity index (χ3n) is 5.38. The van der Waals surface area contributed by atoms with Crippen molar-refractivity contribution in [2.45, 2.75) is 43.9 Å². The highest BCUT2D eigenvalue weighted by molar-refractivity contribution is 7.89. The van der Waals surface area contributed by atoms with Crippen molar-refractivity contribution >= 4 is 21.6 Å². The minimum atomic E-state index is -3.47. The van der Waals surface area contributed by atoms with E-state index in [0.717, 1.165) is 18.4 Å². The van der Waals surface area contributed by atoms with E-state index < -0.39 is 10.0 Å². The highest BCUT2D eigenvalue weighted by Crippen LogP contribution is 2.25. The summed E-state index contributed by atoms with van der Waals surface area (Å²) in [6.45, 7) is 5.31. The van der Waals surface area contributed by atoms with Gasteiger partial charge in [-0.2, -0.15) is 4.31 Å². The van der Waals surface area contributed by atoms with E-state index in [1.807, 2.05) is 37.3 Å². The summed E-state index contributed by atoms with van der Waals surface area (Å²) in [7, 11) is -3.47. The summed E-state index contributed by atoms with van der Waals surface area (Å²) in [5, 5.41) is 2.86. The maximum absolute atomic E-state index is 12.8. The van der Waals surface area contributed by atoms with Crippen LogP contribution < -0.4 is 5.32 Å². The van der Waals surface area contributed by atoms with Gasteiger partial charge < -0.3 is 5.32 Å². The zero-order valence-corrected chi connectivity index (χ0v) is 17.3. The van der Waals surface area contributed by atoms with E-state index in [1.165, 1.54) is 0 Å². The van der Waals surface area contributed by atoms with E-state index in [-0.39, 0.29) is 16.7 Å².